The summed E-state index contributed by atoms with van der Waals surface area (Å²) >= 11 is 6.34. The van der Waals surface area contributed by atoms with Gasteiger partial charge in [-0.15, -0.1) is 0 Å². The van der Waals surface area contributed by atoms with Crippen LogP contribution in [0.5, 0.6) is 0 Å². The minimum absolute atomic E-state index is 0.345. The molecule has 1 aromatic carbocycles. The summed E-state index contributed by atoms with van der Waals surface area (Å²) in [5.41, 5.74) is 4.04. The predicted octanol–water partition coefficient (Wildman–Crippen LogP) is 4.22. The fourth-order valence-electron chi connectivity index (χ4n) is 3.37. The van der Waals surface area contributed by atoms with E-state index in [2.05, 4.69) is 11.9 Å². The number of carbonyl (C=O) groups excluding carboxylic acids is 1. The van der Waals surface area contributed by atoms with E-state index in [1.807, 2.05) is 19.1 Å². The molecule has 0 amide bonds. The van der Waals surface area contributed by atoms with Gasteiger partial charge < -0.3 is 14.5 Å². The molecule has 1 aromatic heterocycles. The van der Waals surface area contributed by atoms with E-state index in [9.17, 15) is 4.79 Å². The molecule has 1 N–H and O–H groups in total. The van der Waals surface area contributed by atoms with Crippen LogP contribution in [0.2, 0.25) is 5.02 Å². The summed E-state index contributed by atoms with van der Waals surface area (Å²) in [5, 5.41) is 1.79. The van der Waals surface area contributed by atoms with Crippen molar-refractivity contribution in [3.8, 4) is 0 Å². The van der Waals surface area contributed by atoms with E-state index >= 15 is 0 Å². The van der Waals surface area contributed by atoms with Gasteiger partial charge in [-0.05, 0) is 37.0 Å². The molecule has 0 saturated heterocycles. The topological polar surface area (TPSA) is 51.3 Å². The molecule has 0 radical (unpaired) electrons. The molecule has 1 unspecified atom stereocenters. The molecule has 0 fully saturated rings. The van der Waals surface area contributed by atoms with Gasteiger partial charge in [0.15, 0.2) is 0 Å². The van der Waals surface area contributed by atoms with Crippen molar-refractivity contribution >= 4 is 28.5 Å². The van der Waals surface area contributed by atoms with Crippen molar-refractivity contribution in [2.24, 2.45) is 0 Å². The molecule has 4 nitrogen and oxygen atoms in total. The van der Waals surface area contributed by atoms with E-state index in [0.717, 1.165) is 40.6 Å². The summed E-state index contributed by atoms with van der Waals surface area (Å²) in [6.45, 7) is 6.05. The molecule has 22 heavy (non-hydrogen) atoms. The van der Waals surface area contributed by atoms with Crippen LogP contribution in [0, 0.1) is 6.92 Å². The molecular formula is C17H20ClNO3. The second-order valence-corrected chi connectivity index (χ2v) is 6.20. The van der Waals surface area contributed by atoms with Crippen molar-refractivity contribution in [2.45, 2.75) is 45.8 Å². The van der Waals surface area contributed by atoms with Crippen LogP contribution in [0.4, 0.5) is 0 Å². The van der Waals surface area contributed by atoms with Gasteiger partial charge in [0, 0.05) is 18.7 Å². The number of aromatic nitrogens is 1. The highest BCUT2D eigenvalue weighted by Gasteiger charge is 2.43. The number of aryl methyl sites for hydroxylation is 1. The van der Waals surface area contributed by atoms with Crippen molar-refractivity contribution in [1.82, 2.24) is 4.98 Å². The van der Waals surface area contributed by atoms with Crippen LogP contribution in [0.1, 0.15) is 43.5 Å². The zero-order chi connectivity index (χ0) is 15.9. The van der Waals surface area contributed by atoms with E-state index in [-0.39, 0.29) is 5.97 Å². The van der Waals surface area contributed by atoms with Crippen molar-refractivity contribution in [3.63, 3.8) is 0 Å². The smallest absolute Gasteiger partial charge is 0.305 e. The second kappa shape index (κ2) is 5.60. The SMILES string of the molecule is CCCC1(OC(C)=O)OCCc2c1[nH]c1c(Cl)ccc(C)c21. The number of nitrogens with one attached hydrogen (secondary N) is 1. The second-order valence-electron chi connectivity index (χ2n) is 5.79. The predicted molar refractivity (Wildman–Crippen MR) is 86.1 cm³/mol. The first-order chi connectivity index (χ1) is 10.5. The van der Waals surface area contributed by atoms with E-state index in [0.29, 0.717) is 18.1 Å². The van der Waals surface area contributed by atoms with Gasteiger partial charge in [-0.1, -0.05) is 24.6 Å². The van der Waals surface area contributed by atoms with Gasteiger partial charge in [0.25, 0.3) is 5.79 Å². The first-order valence-electron chi connectivity index (χ1n) is 7.62. The number of rotatable bonds is 3. The van der Waals surface area contributed by atoms with E-state index in [1.165, 1.54) is 6.92 Å². The van der Waals surface area contributed by atoms with Crippen molar-refractivity contribution < 1.29 is 14.3 Å². The minimum atomic E-state index is -1.02. The number of hydrogen-bond acceptors (Lipinski definition) is 3. The van der Waals surface area contributed by atoms with Gasteiger partial charge >= 0.3 is 5.97 Å². The van der Waals surface area contributed by atoms with Crippen LogP contribution in [0.25, 0.3) is 10.9 Å². The Bertz CT molecular complexity index is 737. The average molecular weight is 322 g/mol. The first-order valence-corrected chi connectivity index (χ1v) is 8.00. The number of H-pyrrole nitrogens is 1. The maximum atomic E-state index is 11.6. The Morgan fingerprint density at radius 3 is 2.95 bits per heavy atom. The van der Waals surface area contributed by atoms with Gasteiger partial charge in [0.1, 0.15) is 0 Å². The molecule has 0 aliphatic carbocycles. The zero-order valence-electron chi connectivity index (χ0n) is 13.1. The molecule has 2 aromatic rings. The van der Waals surface area contributed by atoms with Crippen molar-refractivity contribution in [1.29, 1.82) is 0 Å². The fraction of sp³-hybridized carbons (Fsp3) is 0.471. The third kappa shape index (κ3) is 2.31. The van der Waals surface area contributed by atoms with Crippen molar-refractivity contribution in [3.05, 3.63) is 34.0 Å². The number of fused-ring (bicyclic) bond motifs is 3. The Hall–Kier alpha value is -1.52. The fourth-order valence-corrected chi connectivity index (χ4v) is 3.58. The number of hydrogen-bond donors (Lipinski definition) is 1. The first kappa shape index (κ1) is 15.4. The quantitative estimate of drug-likeness (QED) is 0.861. The van der Waals surface area contributed by atoms with E-state index < -0.39 is 5.79 Å². The molecule has 0 spiro atoms. The monoisotopic (exact) mass is 321 g/mol. The molecule has 1 aliphatic heterocycles. The Morgan fingerprint density at radius 2 is 2.27 bits per heavy atom. The van der Waals surface area contributed by atoms with Gasteiger partial charge in [0.05, 0.1) is 22.8 Å². The average Bonchev–Trinajstić information content (AvgIpc) is 2.85. The van der Waals surface area contributed by atoms with Crippen LogP contribution in [0.3, 0.4) is 0 Å². The number of halogens is 1. The third-order valence-electron chi connectivity index (χ3n) is 4.17. The normalized spacial score (nSPS) is 20.9. The molecule has 2 heterocycles. The number of ether oxygens (including phenoxy) is 2. The number of carbonyl (C=O) groups is 1. The Kier molecular flexibility index (Phi) is 3.91. The van der Waals surface area contributed by atoms with E-state index in [4.69, 9.17) is 21.1 Å². The molecule has 118 valence electrons. The molecular weight excluding hydrogens is 302 g/mol. The minimum Gasteiger partial charge on any atom is -0.427 e. The largest absolute Gasteiger partial charge is 0.427 e. The van der Waals surface area contributed by atoms with Crippen LogP contribution < -0.4 is 0 Å². The zero-order valence-corrected chi connectivity index (χ0v) is 13.8. The van der Waals surface area contributed by atoms with Gasteiger partial charge in [-0.2, -0.15) is 0 Å². The Labute approximate surface area is 134 Å². The number of esters is 1. The molecule has 1 atom stereocenters. The summed E-state index contributed by atoms with van der Waals surface area (Å²) in [6, 6.07) is 3.90. The maximum absolute atomic E-state index is 11.6. The standard InChI is InChI=1S/C17H20ClNO3/c1-4-8-17(22-11(3)20)16-12(7-9-21-17)14-10(2)5-6-13(18)15(14)19-16/h5-6,19H,4,7-9H2,1-3H3. The molecule has 5 heteroatoms. The van der Waals surface area contributed by atoms with Crippen LogP contribution in [-0.4, -0.2) is 17.6 Å². The van der Waals surface area contributed by atoms with Crippen LogP contribution in [-0.2, 0) is 26.5 Å². The third-order valence-corrected chi connectivity index (χ3v) is 4.49. The van der Waals surface area contributed by atoms with Gasteiger partial charge in [-0.3, -0.25) is 4.79 Å². The van der Waals surface area contributed by atoms with Crippen LogP contribution >= 0.6 is 11.6 Å². The summed E-state index contributed by atoms with van der Waals surface area (Å²) in [7, 11) is 0. The van der Waals surface area contributed by atoms with E-state index in [1.54, 1.807) is 0 Å². The highest BCUT2D eigenvalue weighted by atomic mass is 35.5. The number of aromatic amines is 1. The van der Waals surface area contributed by atoms with Crippen LogP contribution in [0.15, 0.2) is 12.1 Å². The lowest BCUT2D eigenvalue weighted by Gasteiger charge is -2.36. The summed E-state index contributed by atoms with van der Waals surface area (Å²) in [4.78, 5) is 15.0. The molecule has 0 bridgehead atoms. The highest BCUT2D eigenvalue weighted by Crippen LogP contribution is 2.43. The lowest BCUT2D eigenvalue weighted by atomic mass is 9.95. The lowest BCUT2D eigenvalue weighted by molar-refractivity contribution is -0.247. The highest BCUT2D eigenvalue weighted by molar-refractivity contribution is 6.35. The lowest BCUT2D eigenvalue weighted by Crippen LogP contribution is -2.39. The summed E-state index contributed by atoms with van der Waals surface area (Å²) in [6.07, 6.45) is 2.24. The Morgan fingerprint density at radius 1 is 1.50 bits per heavy atom. The Balaban J connectivity index is 2.27. The van der Waals surface area contributed by atoms with Gasteiger partial charge in [0.2, 0.25) is 0 Å². The molecule has 3 rings (SSSR count). The van der Waals surface area contributed by atoms with Crippen molar-refractivity contribution in [2.75, 3.05) is 6.61 Å². The summed E-state index contributed by atoms with van der Waals surface area (Å²) in [5.74, 6) is -1.37. The maximum Gasteiger partial charge on any atom is 0.305 e. The number of benzene rings is 1. The molecule has 1 aliphatic rings. The molecule has 0 saturated carbocycles. The summed E-state index contributed by atoms with van der Waals surface area (Å²) < 4.78 is 11.6. The van der Waals surface area contributed by atoms with Gasteiger partial charge in [-0.25, -0.2) is 0 Å².